The summed E-state index contributed by atoms with van der Waals surface area (Å²) in [5.41, 5.74) is 0. The van der Waals surface area contributed by atoms with Crippen molar-refractivity contribution in [3.63, 3.8) is 0 Å². The molecule has 74 valence electrons. The van der Waals surface area contributed by atoms with Crippen molar-refractivity contribution < 1.29 is 23.8 Å². The molecule has 0 aromatic heterocycles. The Labute approximate surface area is 76.3 Å². The average Bonchev–Trinajstić information content (AvgIpc) is 2.16. The summed E-state index contributed by atoms with van der Waals surface area (Å²) in [6, 6.07) is 0. The van der Waals surface area contributed by atoms with E-state index in [1.54, 1.807) is 6.08 Å². The van der Waals surface area contributed by atoms with Crippen molar-refractivity contribution in [2.24, 2.45) is 0 Å². The average molecular weight is 188 g/mol. The van der Waals surface area contributed by atoms with E-state index in [0.29, 0.717) is 6.42 Å². The Morgan fingerprint density at radius 2 is 1.92 bits per heavy atom. The highest BCUT2D eigenvalue weighted by atomic mass is 16.7. The van der Waals surface area contributed by atoms with Gasteiger partial charge in [-0.25, -0.2) is 9.59 Å². The smallest absolute Gasteiger partial charge is 0.466 e. The Kier molecular flexibility index (Phi) is 6.31. The molecule has 0 aliphatic rings. The lowest BCUT2D eigenvalue weighted by atomic mass is 10.4. The van der Waals surface area contributed by atoms with Crippen LogP contribution in [-0.4, -0.2) is 33.0 Å². The van der Waals surface area contributed by atoms with E-state index in [-0.39, 0.29) is 6.61 Å². The lowest BCUT2D eigenvalue weighted by Gasteiger charge is -1.98. The Bertz CT molecular complexity index is 197. The maximum absolute atomic E-state index is 10.5. The highest BCUT2D eigenvalue weighted by Crippen LogP contribution is 1.89. The van der Waals surface area contributed by atoms with Gasteiger partial charge in [0, 0.05) is 12.5 Å². The number of hydrogen-bond donors (Lipinski definition) is 0. The van der Waals surface area contributed by atoms with Crippen molar-refractivity contribution >= 4 is 12.1 Å². The van der Waals surface area contributed by atoms with Gasteiger partial charge in [-0.05, 0) is 0 Å². The Morgan fingerprint density at radius 3 is 2.46 bits per heavy atom. The van der Waals surface area contributed by atoms with Crippen LogP contribution in [0.1, 0.15) is 6.42 Å². The summed E-state index contributed by atoms with van der Waals surface area (Å²) < 4.78 is 13.1. The molecule has 0 N–H and O–H groups in total. The summed E-state index contributed by atoms with van der Waals surface area (Å²) in [6.45, 7) is 0.181. The molecule has 5 heteroatoms. The van der Waals surface area contributed by atoms with Gasteiger partial charge in [0.2, 0.25) is 0 Å². The van der Waals surface area contributed by atoms with Gasteiger partial charge in [-0.1, -0.05) is 6.08 Å². The van der Waals surface area contributed by atoms with Gasteiger partial charge in [-0.2, -0.15) is 0 Å². The number of carbonyl (C=O) groups excluding carboxylic acids is 2. The minimum Gasteiger partial charge on any atom is -0.466 e. The lowest BCUT2D eigenvalue weighted by Crippen LogP contribution is -2.04. The minimum atomic E-state index is -0.730. The quantitative estimate of drug-likeness (QED) is 0.372. The van der Waals surface area contributed by atoms with E-state index in [2.05, 4.69) is 14.2 Å². The van der Waals surface area contributed by atoms with Crippen LogP contribution in [0.2, 0.25) is 0 Å². The molecule has 0 radical (unpaired) electrons. The van der Waals surface area contributed by atoms with Crippen molar-refractivity contribution in [1.82, 2.24) is 0 Å². The second-order valence-corrected chi connectivity index (χ2v) is 2.02. The molecular weight excluding hydrogens is 176 g/mol. The van der Waals surface area contributed by atoms with Gasteiger partial charge in [0.15, 0.2) is 0 Å². The number of rotatable bonds is 4. The zero-order valence-corrected chi connectivity index (χ0v) is 7.61. The molecule has 0 aliphatic heterocycles. The van der Waals surface area contributed by atoms with Crippen LogP contribution in [0.3, 0.4) is 0 Å². The van der Waals surface area contributed by atoms with Crippen molar-refractivity contribution in [2.45, 2.75) is 6.42 Å². The van der Waals surface area contributed by atoms with E-state index >= 15 is 0 Å². The highest BCUT2D eigenvalue weighted by molar-refractivity contribution is 5.81. The summed E-state index contributed by atoms with van der Waals surface area (Å²) in [6.07, 6.45) is 2.53. The number of hydrogen-bond acceptors (Lipinski definition) is 5. The molecule has 0 amide bonds. The standard InChI is InChI=1S/C8H12O5/c1-11-7(9)5-3-4-6-13-8(10)12-2/h3,5H,4,6H2,1-2H3/b5-3-. The SMILES string of the molecule is COC(=O)/C=C\CCOC(=O)OC. The number of ether oxygens (including phenoxy) is 3. The monoisotopic (exact) mass is 188 g/mol. The first-order valence-corrected chi connectivity index (χ1v) is 3.66. The summed E-state index contributed by atoms with van der Waals surface area (Å²) in [5.74, 6) is -0.432. The third-order valence-electron chi connectivity index (χ3n) is 1.13. The molecule has 5 nitrogen and oxygen atoms in total. The number of methoxy groups -OCH3 is 2. The van der Waals surface area contributed by atoms with Crippen LogP contribution in [0.15, 0.2) is 12.2 Å². The zero-order chi connectivity index (χ0) is 10.1. The molecule has 0 fully saturated rings. The third kappa shape index (κ3) is 6.86. The first-order valence-electron chi connectivity index (χ1n) is 3.66. The van der Waals surface area contributed by atoms with Crippen LogP contribution in [0.25, 0.3) is 0 Å². The molecule has 0 atom stereocenters. The topological polar surface area (TPSA) is 61.8 Å². The molecule has 0 spiro atoms. The molecule has 0 unspecified atom stereocenters. The maximum Gasteiger partial charge on any atom is 0.507 e. The molecule has 0 heterocycles. The molecule has 13 heavy (non-hydrogen) atoms. The molecule has 0 aromatic carbocycles. The van der Waals surface area contributed by atoms with Crippen LogP contribution in [0.5, 0.6) is 0 Å². The van der Waals surface area contributed by atoms with Gasteiger partial charge in [0.1, 0.15) is 0 Å². The van der Waals surface area contributed by atoms with Crippen LogP contribution in [0.4, 0.5) is 4.79 Å². The normalized spacial score (nSPS) is 9.69. The zero-order valence-electron chi connectivity index (χ0n) is 7.61. The minimum absolute atomic E-state index is 0.181. The van der Waals surface area contributed by atoms with Crippen LogP contribution in [-0.2, 0) is 19.0 Å². The highest BCUT2D eigenvalue weighted by Gasteiger charge is 1.97. The fourth-order valence-electron chi connectivity index (χ4n) is 0.517. The summed E-state index contributed by atoms with van der Waals surface area (Å²) in [7, 11) is 2.52. The van der Waals surface area contributed by atoms with E-state index in [4.69, 9.17) is 0 Å². The molecule has 0 rings (SSSR count). The lowest BCUT2D eigenvalue weighted by molar-refractivity contribution is -0.134. The predicted octanol–water partition coefficient (Wildman–Crippen LogP) is 0.889. The van der Waals surface area contributed by atoms with Crippen molar-refractivity contribution in [3.8, 4) is 0 Å². The largest absolute Gasteiger partial charge is 0.507 e. The molecule has 0 bridgehead atoms. The maximum atomic E-state index is 10.5. The fourth-order valence-corrected chi connectivity index (χ4v) is 0.517. The Balaban J connectivity index is 3.40. The van der Waals surface area contributed by atoms with E-state index in [1.807, 2.05) is 0 Å². The predicted molar refractivity (Wildman–Crippen MR) is 44.1 cm³/mol. The van der Waals surface area contributed by atoms with Gasteiger partial charge in [-0.15, -0.1) is 0 Å². The molecule has 0 saturated carbocycles. The third-order valence-corrected chi connectivity index (χ3v) is 1.13. The van der Waals surface area contributed by atoms with Gasteiger partial charge >= 0.3 is 12.1 Å². The second kappa shape index (κ2) is 7.15. The first kappa shape index (κ1) is 11.5. The number of carbonyl (C=O) groups is 2. The van der Waals surface area contributed by atoms with Crippen LogP contribution in [0, 0.1) is 0 Å². The molecular formula is C8H12O5. The van der Waals surface area contributed by atoms with Gasteiger partial charge in [0.05, 0.1) is 20.8 Å². The van der Waals surface area contributed by atoms with Crippen molar-refractivity contribution in [2.75, 3.05) is 20.8 Å². The Hall–Kier alpha value is -1.52. The molecule has 0 aliphatic carbocycles. The summed E-state index contributed by atoms with van der Waals surface area (Å²) in [5, 5.41) is 0. The summed E-state index contributed by atoms with van der Waals surface area (Å²) >= 11 is 0. The van der Waals surface area contributed by atoms with Crippen LogP contribution >= 0.6 is 0 Å². The van der Waals surface area contributed by atoms with Crippen LogP contribution < -0.4 is 0 Å². The fraction of sp³-hybridized carbons (Fsp3) is 0.500. The van der Waals surface area contributed by atoms with E-state index in [0.717, 1.165) is 0 Å². The van der Waals surface area contributed by atoms with E-state index in [1.165, 1.54) is 20.3 Å². The van der Waals surface area contributed by atoms with E-state index in [9.17, 15) is 9.59 Å². The Morgan fingerprint density at radius 1 is 1.23 bits per heavy atom. The van der Waals surface area contributed by atoms with Gasteiger partial charge < -0.3 is 14.2 Å². The number of esters is 1. The second-order valence-electron chi connectivity index (χ2n) is 2.02. The van der Waals surface area contributed by atoms with Crippen molar-refractivity contribution in [3.05, 3.63) is 12.2 Å². The first-order chi connectivity index (χ1) is 6.20. The van der Waals surface area contributed by atoms with Gasteiger partial charge in [-0.3, -0.25) is 0 Å². The summed E-state index contributed by atoms with van der Waals surface area (Å²) in [4.78, 5) is 20.9. The molecule has 0 saturated heterocycles. The molecule has 0 aromatic rings. The van der Waals surface area contributed by atoms with E-state index < -0.39 is 12.1 Å². The van der Waals surface area contributed by atoms with Crippen molar-refractivity contribution in [1.29, 1.82) is 0 Å². The van der Waals surface area contributed by atoms with Gasteiger partial charge in [0.25, 0.3) is 0 Å².